The van der Waals surface area contributed by atoms with Crippen LogP contribution in [-0.2, 0) is 6.54 Å². The average Bonchev–Trinajstić information content (AvgIpc) is 3.08. The van der Waals surface area contributed by atoms with E-state index in [1.165, 1.54) is 12.8 Å². The predicted octanol–water partition coefficient (Wildman–Crippen LogP) is 3.64. The van der Waals surface area contributed by atoms with Crippen LogP contribution in [0.5, 0.6) is 0 Å². The first-order chi connectivity index (χ1) is 8.75. The van der Waals surface area contributed by atoms with Crippen LogP contribution in [0.1, 0.15) is 18.4 Å². The zero-order chi connectivity index (χ0) is 12.5. The summed E-state index contributed by atoms with van der Waals surface area (Å²) in [5.41, 5.74) is 2.95. The standard InChI is InChI=1S/C13H13Cl2N3/c14-11-3-1-2-10(12(11)15)13-8(7-17-18-13)6-16-9-4-5-9/h1-3,7,9,16H,4-6H2,(H,17,18). The van der Waals surface area contributed by atoms with E-state index in [1.807, 2.05) is 18.3 Å². The highest BCUT2D eigenvalue weighted by atomic mass is 35.5. The van der Waals surface area contributed by atoms with Crippen molar-refractivity contribution in [2.24, 2.45) is 0 Å². The lowest BCUT2D eigenvalue weighted by molar-refractivity contribution is 0.689. The second-order valence-corrected chi connectivity index (χ2v) is 5.31. The van der Waals surface area contributed by atoms with Gasteiger partial charge < -0.3 is 5.32 Å². The first-order valence-corrected chi connectivity index (χ1v) is 6.71. The minimum absolute atomic E-state index is 0.560. The lowest BCUT2D eigenvalue weighted by atomic mass is 10.1. The van der Waals surface area contributed by atoms with Crippen LogP contribution in [0.4, 0.5) is 0 Å². The van der Waals surface area contributed by atoms with Crippen molar-refractivity contribution in [2.75, 3.05) is 0 Å². The molecule has 3 nitrogen and oxygen atoms in total. The maximum atomic E-state index is 6.23. The third-order valence-corrected chi connectivity index (χ3v) is 3.92. The molecular weight excluding hydrogens is 269 g/mol. The van der Waals surface area contributed by atoms with Crippen molar-refractivity contribution >= 4 is 23.2 Å². The minimum Gasteiger partial charge on any atom is -0.310 e. The molecule has 0 spiro atoms. The molecule has 0 unspecified atom stereocenters. The zero-order valence-electron chi connectivity index (χ0n) is 9.71. The van der Waals surface area contributed by atoms with Gasteiger partial charge in [0.25, 0.3) is 0 Å². The number of hydrogen-bond donors (Lipinski definition) is 2. The zero-order valence-corrected chi connectivity index (χ0v) is 11.2. The summed E-state index contributed by atoms with van der Waals surface area (Å²) in [5, 5.41) is 11.7. The smallest absolute Gasteiger partial charge is 0.0710 e. The number of H-pyrrole nitrogens is 1. The number of benzene rings is 1. The molecule has 1 fully saturated rings. The van der Waals surface area contributed by atoms with Crippen molar-refractivity contribution in [1.29, 1.82) is 0 Å². The molecule has 3 rings (SSSR count). The Kier molecular flexibility index (Phi) is 3.29. The molecule has 0 atom stereocenters. The van der Waals surface area contributed by atoms with E-state index in [-0.39, 0.29) is 0 Å². The summed E-state index contributed by atoms with van der Waals surface area (Å²) in [4.78, 5) is 0. The summed E-state index contributed by atoms with van der Waals surface area (Å²) < 4.78 is 0. The van der Waals surface area contributed by atoms with Gasteiger partial charge in [0.1, 0.15) is 0 Å². The Morgan fingerprint density at radius 1 is 1.33 bits per heavy atom. The van der Waals surface area contributed by atoms with Gasteiger partial charge >= 0.3 is 0 Å². The fraction of sp³-hybridized carbons (Fsp3) is 0.308. The van der Waals surface area contributed by atoms with Crippen LogP contribution in [0.15, 0.2) is 24.4 Å². The molecule has 94 valence electrons. The molecule has 1 heterocycles. The molecule has 1 aromatic carbocycles. The van der Waals surface area contributed by atoms with E-state index >= 15 is 0 Å². The Balaban J connectivity index is 1.90. The Bertz CT molecular complexity index is 561. The highest BCUT2D eigenvalue weighted by Crippen LogP contribution is 2.34. The van der Waals surface area contributed by atoms with Crippen molar-refractivity contribution in [1.82, 2.24) is 15.5 Å². The maximum absolute atomic E-state index is 6.23. The lowest BCUT2D eigenvalue weighted by Crippen LogP contribution is -2.15. The quantitative estimate of drug-likeness (QED) is 0.899. The van der Waals surface area contributed by atoms with Crippen molar-refractivity contribution in [3.05, 3.63) is 40.0 Å². The van der Waals surface area contributed by atoms with E-state index in [2.05, 4.69) is 15.5 Å². The van der Waals surface area contributed by atoms with Crippen molar-refractivity contribution < 1.29 is 0 Å². The fourth-order valence-electron chi connectivity index (χ4n) is 1.92. The molecule has 0 aliphatic heterocycles. The van der Waals surface area contributed by atoms with Crippen LogP contribution in [0, 0.1) is 0 Å². The molecule has 2 aromatic rings. The number of halogens is 2. The van der Waals surface area contributed by atoms with Crippen molar-refractivity contribution in [3.8, 4) is 11.3 Å². The molecule has 0 bridgehead atoms. The van der Waals surface area contributed by atoms with Crippen LogP contribution in [0.25, 0.3) is 11.3 Å². The van der Waals surface area contributed by atoms with Gasteiger partial charge in [0.2, 0.25) is 0 Å². The Hall–Kier alpha value is -1.03. The Morgan fingerprint density at radius 2 is 2.17 bits per heavy atom. The molecule has 2 N–H and O–H groups in total. The van der Waals surface area contributed by atoms with E-state index in [1.54, 1.807) is 6.07 Å². The molecule has 1 aliphatic carbocycles. The topological polar surface area (TPSA) is 40.7 Å². The van der Waals surface area contributed by atoms with E-state index in [0.29, 0.717) is 16.1 Å². The minimum atomic E-state index is 0.560. The average molecular weight is 282 g/mol. The Labute approximate surface area is 115 Å². The van der Waals surface area contributed by atoms with Crippen molar-refractivity contribution in [3.63, 3.8) is 0 Å². The van der Waals surface area contributed by atoms with Gasteiger partial charge in [0, 0.05) is 23.7 Å². The summed E-state index contributed by atoms with van der Waals surface area (Å²) in [6.07, 6.45) is 4.37. The van der Waals surface area contributed by atoms with Crippen LogP contribution in [0.3, 0.4) is 0 Å². The van der Waals surface area contributed by atoms with Gasteiger partial charge in [0.05, 0.1) is 21.9 Å². The number of rotatable bonds is 4. The second kappa shape index (κ2) is 4.92. The predicted molar refractivity (Wildman–Crippen MR) is 73.9 cm³/mol. The van der Waals surface area contributed by atoms with E-state index < -0.39 is 0 Å². The first-order valence-electron chi connectivity index (χ1n) is 5.95. The number of aromatic amines is 1. The lowest BCUT2D eigenvalue weighted by Gasteiger charge is -2.07. The van der Waals surface area contributed by atoms with Gasteiger partial charge in [0.15, 0.2) is 0 Å². The summed E-state index contributed by atoms with van der Waals surface area (Å²) in [6.45, 7) is 0.805. The van der Waals surface area contributed by atoms with Gasteiger partial charge in [-0.25, -0.2) is 0 Å². The summed E-state index contributed by atoms with van der Waals surface area (Å²) in [6, 6.07) is 6.29. The SMILES string of the molecule is Clc1cccc(-c2[nH]ncc2CNC2CC2)c1Cl. The van der Waals surface area contributed by atoms with Crippen molar-refractivity contribution in [2.45, 2.75) is 25.4 Å². The molecule has 1 aliphatic rings. The molecule has 1 aromatic heterocycles. The monoisotopic (exact) mass is 281 g/mol. The second-order valence-electron chi connectivity index (χ2n) is 4.53. The molecule has 0 radical (unpaired) electrons. The van der Waals surface area contributed by atoms with E-state index in [4.69, 9.17) is 23.2 Å². The Morgan fingerprint density at radius 3 is 2.94 bits per heavy atom. The molecule has 5 heteroatoms. The highest BCUT2D eigenvalue weighted by Gasteiger charge is 2.21. The number of nitrogens with zero attached hydrogens (tertiary/aromatic N) is 1. The summed E-state index contributed by atoms with van der Waals surface area (Å²) >= 11 is 12.3. The molecule has 0 saturated heterocycles. The van der Waals surface area contributed by atoms with Crippen LogP contribution in [-0.4, -0.2) is 16.2 Å². The number of hydrogen-bond acceptors (Lipinski definition) is 2. The largest absolute Gasteiger partial charge is 0.310 e. The molecule has 1 saturated carbocycles. The fourth-order valence-corrected chi connectivity index (χ4v) is 2.31. The van der Waals surface area contributed by atoms with Gasteiger partial charge in [-0.1, -0.05) is 35.3 Å². The molecule has 18 heavy (non-hydrogen) atoms. The highest BCUT2D eigenvalue weighted by molar-refractivity contribution is 6.43. The first kappa shape index (κ1) is 12.0. The van der Waals surface area contributed by atoms with Gasteiger partial charge in [-0.3, -0.25) is 5.10 Å². The normalized spacial score (nSPS) is 15.0. The summed E-state index contributed by atoms with van der Waals surface area (Å²) in [5.74, 6) is 0. The van der Waals surface area contributed by atoms with Crippen LogP contribution >= 0.6 is 23.2 Å². The van der Waals surface area contributed by atoms with Gasteiger partial charge in [-0.2, -0.15) is 5.10 Å². The summed E-state index contributed by atoms with van der Waals surface area (Å²) in [7, 11) is 0. The maximum Gasteiger partial charge on any atom is 0.0710 e. The van der Waals surface area contributed by atoms with Crippen LogP contribution < -0.4 is 5.32 Å². The molecule has 0 amide bonds. The van der Waals surface area contributed by atoms with Gasteiger partial charge in [-0.15, -0.1) is 0 Å². The third-order valence-electron chi connectivity index (χ3n) is 3.10. The third kappa shape index (κ3) is 2.39. The van der Waals surface area contributed by atoms with E-state index in [0.717, 1.165) is 23.4 Å². The number of nitrogens with one attached hydrogen (secondary N) is 2. The van der Waals surface area contributed by atoms with Crippen LogP contribution in [0.2, 0.25) is 10.0 Å². The van der Waals surface area contributed by atoms with Gasteiger partial charge in [-0.05, 0) is 18.9 Å². The number of aromatic nitrogens is 2. The molecular formula is C13H13Cl2N3. The van der Waals surface area contributed by atoms with E-state index in [9.17, 15) is 0 Å².